The SMILES string of the molecule is C=CCN(C)C(=O)CCc1ccccc1C(=O)O. The molecule has 0 heterocycles. The van der Waals surface area contributed by atoms with Gasteiger partial charge in [0.05, 0.1) is 5.56 Å². The maximum absolute atomic E-state index is 11.7. The van der Waals surface area contributed by atoms with Crippen molar-refractivity contribution in [2.75, 3.05) is 13.6 Å². The highest BCUT2D eigenvalue weighted by atomic mass is 16.4. The van der Waals surface area contributed by atoms with Crippen LogP contribution in [-0.2, 0) is 11.2 Å². The molecule has 0 atom stereocenters. The first kappa shape index (κ1) is 14.0. The van der Waals surface area contributed by atoms with Gasteiger partial charge in [0.25, 0.3) is 0 Å². The summed E-state index contributed by atoms with van der Waals surface area (Å²) in [5.74, 6) is -0.979. The summed E-state index contributed by atoms with van der Waals surface area (Å²) in [6.07, 6.45) is 2.39. The van der Waals surface area contributed by atoms with Crippen molar-refractivity contribution in [3.05, 3.63) is 48.0 Å². The minimum Gasteiger partial charge on any atom is -0.478 e. The number of aromatic carboxylic acids is 1. The second-order valence-electron chi connectivity index (χ2n) is 4.03. The van der Waals surface area contributed by atoms with Crippen LogP contribution in [0.25, 0.3) is 0 Å². The van der Waals surface area contributed by atoms with Crippen LogP contribution in [0.15, 0.2) is 36.9 Å². The van der Waals surface area contributed by atoms with Gasteiger partial charge in [0.2, 0.25) is 5.91 Å². The van der Waals surface area contributed by atoms with E-state index in [9.17, 15) is 9.59 Å². The third kappa shape index (κ3) is 3.73. The van der Waals surface area contributed by atoms with Crippen molar-refractivity contribution in [1.82, 2.24) is 4.90 Å². The molecule has 0 saturated carbocycles. The number of aryl methyl sites for hydroxylation is 1. The smallest absolute Gasteiger partial charge is 0.335 e. The first-order chi connectivity index (χ1) is 8.56. The van der Waals surface area contributed by atoms with E-state index >= 15 is 0 Å². The molecule has 0 aliphatic carbocycles. The molecular formula is C14H17NO3. The highest BCUT2D eigenvalue weighted by Crippen LogP contribution is 2.11. The molecule has 1 aromatic rings. The third-order valence-corrected chi connectivity index (χ3v) is 2.68. The molecule has 96 valence electrons. The number of nitrogens with zero attached hydrogens (tertiary/aromatic N) is 1. The number of carbonyl (C=O) groups is 2. The molecule has 4 heteroatoms. The minimum absolute atomic E-state index is 0.0184. The van der Waals surface area contributed by atoms with Gasteiger partial charge >= 0.3 is 5.97 Å². The Hall–Kier alpha value is -2.10. The third-order valence-electron chi connectivity index (χ3n) is 2.68. The first-order valence-corrected chi connectivity index (χ1v) is 5.72. The van der Waals surface area contributed by atoms with Crippen molar-refractivity contribution in [3.8, 4) is 0 Å². The number of rotatable bonds is 6. The van der Waals surface area contributed by atoms with E-state index in [1.54, 1.807) is 42.3 Å². The molecule has 0 unspecified atom stereocenters. The molecular weight excluding hydrogens is 230 g/mol. The second-order valence-corrected chi connectivity index (χ2v) is 4.03. The summed E-state index contributed by atoms with van der Waals surface area (Å²) in [5, 5.41) is 9.02. The molecule has 1 N–H and O–H groups in total. The van der Waals surface area contributed by atoms with Crippen LogP contribution in [0.2, 0.25) is 0 Å². The number of benzene rings is 1. The van der Waals surface area contributed by atoms with E-state index in [-0.39, 0.29) is 11.5 Å². The number of carboxylic acids is 1. The van der Waals surface area contributed by atoms with Gasteiger partial charge in [0, 0.05) is 20.0 Å². The van der Waals surface area contributed by atoms with Crippen molar-refractivity contribution in [1.29, 1.82) is 0 Å². The summed E-state index contributed by atoms with van der Waals surface area (Å²) in [6.45, 7) is 4.07. The number of carbonyl (C=O) groups excluding carboxylic acids is 1. The summed E-state index contributed by atoms with van der Waals surface area (Å²) in [4.78, 5) is 24.3. The van der Waals surface area contributed by atoms with Gasteiger partial charge in [-0.1, -0.05) is 24.3 Å². The van der Waals surface area contributed by atoms with Crippen LogP contribution in [-0.4, -0.2) is 35.5 Å². The molecule has 4 nitrogen and oxygen atoms in total. The van der Waals surface area contributed by atoms with Gasteiger partial charge in [-0.2, -0.15) is 0 Å². The molecule has 1 amide bonds. The molecule has 0 bridgehead atoms. The van der Waals surface area contributed by atoms with E-state index in [0.29, 0.717) is 24.9 Å². The minimum atomic E-state index is -0.961. The normalized spacial score (nSPS) is 9.83. The summed E-state index contributed by atoms with van der Waals surface area (Å²) in [6, 6.07) is 6.75. The summed E-state index contributed by atoms with van der Waals surface area (Å²) < 4.78 is 0. The Balaban J connectivity index is 2.66. The van der Waals surface area contributed by atoms with E-state index in [2.05, 4.69) is 6.58 Å². The van der Waals surface area contributed by atoms with E-state index in [1.165, 1.54) is 0 Å². The van der Waals surface area contributed by atoms with Gasteiger partial charge in [-0.3, -0.25) is 4.79 Å². The lowest BCUT2D eigenvalue weighted by molar-refractivity contribution is -0.129. The second kappa shape index (κ2) is 6.59. The molecule has 0 aromatic heterocycles. The lowest BCUT2D eigenvalue weighted by Crippen LogP contribution is -2.27. The van der Waals surface area contributed by atoms with Gasteiger partial charge in [0.1, 0.15) is 0 Å². The van der Waals surface area contributed by atoms with Gasteiger partial charge in [-0.15, -0.1) is 6.58 Å². The Bertz CT molecular complexity index is 454. The summed E-state index contributed by atoms with van der Waals surface area (Å²) in [5.41, 5.74) is 0.946. The Kier molecular flexibility index (Phi) is 5.11. The largest absolute Gasteiger partial charge is 0.478 e. The number of carboxylic acid groups (broad SMARTS) is 1. The number of hydrogen-bond acceptors (Lipinski definition) is 2. The fourth-order valence-corrected chi connectivity index (χ4v) is 1.67. The van der Waals surface area contributed by atoms with E-state index in [0.717, 1.165) is 0 Å². The number of hydrogen-bond donors (Lipinski definition) is 1. The van der Waals surface area contributed by atoms with Crippen LogP contribution >= 0.6 is 0 Å². The van der Waals surface area contributed by atoms with E-state index in [4.69, 9.17) is 5.11 Å². The van der Waals surface area contributed by atoms with Crippen molar-refractivity contribution in [2.24, 2.45) is 0 Å². The van der Waals surface area contributed by atoms with E-state index in [1.807, 2.05) is 0 Å². The molecule has 0 aliphatic rings. The average molecular weight is 247 g/mol. The van der Waals surface area contributed by atoms with Crippen molar-refractivity contribution in [3.63, 3.8) is 0 Å². The Morgan fingerprint density at radius 2 is 2.06 bits per heavy atom. The van der Waals surface area contributed by atoms with Crippen LogP contribution in [0.4, 0.5) is 0 Å². The molecule has 0 spiro atoms. The topological polar surface area (TPSA) is 57.6 Å². The monoisotopic (exact) mass is 247 g/mol. The Morgan fingerprint density at radius 3 is 2.67 bits per heavy atom. The molecule has 0 aliphatic heterocycles. The summed E-state index contributed by atoms with van der Waals surface area (Å²) in [7, 11) is 1.70. The van der Waals surface area contributed by atoms with Gasteiger partial charge in [0.15, 0.2) is 0 Å². The Labute approximate surface area is 107 Å². The first-order valence-electron chi connectivity index (χ1n) is 5.72. The molecule has 1 rings (SSSR count). The summed E-state index contributed by atoms with van der Waals surface area (Å²) >= 11 is 0. The zero-order chi connectivity index (χ0) is 13.5. The van der Waals surface area contributed by atoms with Crippen LogP contribution < -0.4 is 0 Å². The molecule has 0 radical (unpaired) electrons. The van der Waals surface area contributed by atoms with Crippen LogP contribution in [0.5, 0.6) is 0 Å². The zero-order valence-corrected chi connectivity index (χ0v) is 10.4. The number of amides is 1. The predicted molar refractivity (Wildman–Crippen MR) is 69.6 cm³/mol. The van der Waals surface area contributed by atoms with Gasteiger partial charge in [-0.25, -0.2) is 4.79 Å². The predicted octanol–water partition coefficient (Wildman–Crippen LogP) is 1.96. The lowest BCUT2D eigenvalue weighted by Gasteiger charge is -2.15. The van der Waals surface area contributed by atoms with Gasteiger partial charge in [-0.05, 0) is 18.1 Å². The molecule has 0 saturated heterocycles. The van der Waals surface area contributed by atoms with Crippen LogP contribution in [0.3, 0.4) is 0 Å². The molecule has 18 heavy (non-hydrogen) atoms. The quantitative estimate of drug-likeness (QED) is 0.782. The molecule has 0 fully saturated rings. The maximum Gasteiger partial charge on any atom is 0.335 e. The standard InChI is InChI=1S/C14H17NO3/c1-3-10-15(2)13(16)9-8-11-6-4-5-7-12(11)14(17)18/h3-7H,1,8-10H2,2H3,(H,17,18). The highest BCUT2D eigenvalue weighted by molar-refractivity contribution is 5.89. The van der Waals surface area contributed by atoms with Crippen molar-refractivity contribution < 1.29 is 14.7 Å². The number of likely N-dealkylation sites (N-methyl/N-ethyl adjacent to an activating group) is 1. The molecule has 1 aromatic carbocycles. The highest BCUT2D eigenvalue weighted by Gasteiger charge is 2.12. The maximum atomic E-state index is 11.7. The average Bonchev–Trinajstić information content (AvgIpc) is 2.36. The lowest BCUT2D eigenvalue weighted by atomic mass is 10.0. The fraction of sp³-hybridized carbons (Fsp3) is 0.286. The van der Waals surface area contributed by atoms with Gasteiger partial charge < -0.3 is 10.0 Å². The van der Waals surface area contributed by atoms with Crippen LogP contribution in [0.1, 0.15) is 22.3 Å². The zero-order valence-electron chi connectivity index (χ0n) is 10.4. The Morgan fingerprint density at radius 1 is 1.39 bits per heavy atom. The fourth-order valence-electron chi connectivity index (χ4n) is 1.67. The van der Waals surface area contributed by atoms with Crippen LogP contribution in [0, 0.1) is 0 Å². The van der Waals surface area contributed by atoms with Crippen molar-refractivity contribution >= 4 is 11.9 Å². The van der Waals surface area contributed by atoms with Crippen molar-refractivity contribution in [2.45, 2.75) is 12.8 Å². The van der Waals surface area contributed by atoms with E-state index < -0.39 is 5.97 Å².